The van der Waals surface area contributed by atoms with E-state index in [0.29, 0.717) is 23.8 Å². The van der Waals surface area contributed by atoms with Crippen molar-refractivity contribution in [3.8, 4) is 0 Å². The van der Waals surface area contributed by atoms with Gasteiger partial charge in [0.25, 0.3) is 5.91 Å². The van der Waals surface area contributed by atoms with E-state index in [9.17, 15) is 9.00 Å². The number of rotatable bonds is 4. The van der Waals surface area contributed by atoms with Crippen molar-refractivity contribution in [3.05, 3.63) is 41.5 Å². The molecule has 7 heteroatoms. The van der Waals surface area contributed by atoms with E-state index in [1.54, 1.807) is 36.1 Å². The molecule has 1 amide bonds. The summed E-state index contributed by atoms with van der Waals surface area (Å²) in [6, 6.07) is 6.89. The summed E-state index contributed by atoms with van der Waals surface area (Å²) in [5.41, 5.74) is 0.589. The second-order valence-corrected chi connectivity index (χ2v) is 8.21. The van der Waals surface area contributed by atoms with Gasteiger partial charge in [-0.25, -0.2) is 0 Å². The van der Waals surface area contributed by atoms with Crippen molar-refractivity contribution >= 4 is 16.7 Å². The van der Waals surface area contributed by atoms with Crippen molar-refractivity contribution in [2.45, 2.75) is 49.8 Å². The van der Waals surface area contributed by atoms with Crippen LogP contribution >= 0.6 is 0 Å². The lowest BCUT2D eigenvalue weighted by Crippen LogP contribution is -2.31. The Kier molecular flexibility index (Phi) is 4.80. The molecule has 2 aromatic rings. The number of amides is 1. The van der Waals surface area contributed by atoms with Crippen LogP contribution in [-0.2, 0) is 10.8 Å². The summed E-state index contributed by atoms with van der Waals surface area (Å²) in [6.45, 7) is 6.25. The summed E-state index contributed by atoms with van der Waals surface area (Å²) in [5, 5.41) is 4.01. The van der Waals surface area contributed by atoms with E-state index in [2.05, 4.69) is 10.1 Å². The first-order valence-electron chi connectivity index (χ1n) is 8.09. The Morgan fingerprint density at radius 3 is 2.62 bits per heavy atom. The lowest BCUT2D eigenvalue weighted by Gasteiger charge is -2.22. The zero-order valence-electron chi connectivity index (χ0n) is 14.1. The van der Waals surface area contributed by atoms with Crippen LogP contribution in [0.1, 0.15) is 54.8 Å². The van der Waals surface area contributed by atoms with Gasteiger partial charge < -0.3 is 9.42 Å². The molecule has 0 N–H and O–H groups in total. The van der Waals surface area contributed by atoms with Gasteiger partial charge in [-0.2, -0.15) is 4.98 Å². The molecule has 2 atom stereocenters. The number of carbonyl (C=O) groups is 1. The number of benzene rings is 1. The summed E-state index contributed by atoms with van der Waals surface area (Å²) in [6.07, 6.45) is 1.75. The SMILES string of the molecule is Cc1nc([C@@H]2CCCN2C(=O)c2ccc([S@@](=O)C(C)C)cc2)no1. The monoisotopic (exact) mass is 347 g/mol. The highest BCUT2D eigenvalue weighted by Crippen LogP contribution is 2.31. The molecule has 128 valence electrons. The van der Waals surface area contributed by atoms with Gasteiger partial charge in [-0.3, -0.25) is 9.00 Å². The molecular weight excluding hydrogens is 326 g/mol. The summed E-state index contributed by atoms with van der Waals surface area (Å²) in [4.78, 5) is 19.6. The average molecular weight is 347 g/mol. The molecule has 1 saturated heterocycles. The molecule has 0 bridgehead atoms. The van der Waals surface area contributed by atoms with Gasteiger partial charge >= 0.3 is 0 Å². The minimum atomic E-state index is -1.05. The predicted molar refractivity (Wildman–Crippen MR) is 90.0 cm³/mol. The lowest BCUT2D eigenvalue weighted by atomic mass is 10.1. The third-order valence-corrected chi connectivity index (χ3v) is 5.71. The molecule has 3 rings (SSSR count). The van der Waals surface area contributed by atoms with Gasteiger partial charge in [-0.05, 0) is 37.1 Å². The van der Waals surface area contributed by atoms with Crippen LogP contribution in [0.5, 0.6) is 0 Å². The predicted octanol–water partition coefficient (Wildman–Crippen LogP) is 2.87. The van der Waals surface area contributed by atoms with E-state index in [4.69, 9.17) is 4.52 Å². The molecule has 1 fully saturated rings. The van der Waals surface area contributed by atoms with Crippen LogP contribution < -0.4 is 0 Å². The van der Waals surface area contributed by atoms with E-state index in [-0.39, 0.29) is 17.2 Å². The standard InChI is InChI=1S/C17H21N3O3S/c1-11(2)24(22)14-8-6-13(7-9-14)17(21)20-10-4-5-15(20)16-18-12(3)23-19-16/h6-9,11,15H,4-5,10H2,1-3H3/t15-,24-/m0/s1. The molecule has 0 saturated carbocycles. The molecule has 1 aromatic heterocycles. The van der Waals surface area contributed by atoms with Crippen molar-refractivity contribution in [2.24, 2.45) is 0 Å². The fraction of sp³-hybridized carbons (Fsp3) is 0.471. The largest absolute Gasteiger partial charge is 0.340 e. The molecule has 0 aliphatic carbocycles. The molecule has 0 radical (unpaired) electrons. The maximum atomic E-state index is 12.8. The maximum Gasteiger partial charge on any atom is 0.254 e. The molecule has 2 heterocycles. The Morgan fingerprint density at radius 2 is 2.04 bits per heavy atom. The molecule has 0 spiro atoms. The van der Waals surface area contributed by atoms with Gasteiger partial charge in [0.15, 0.2) is 5.82 Å². The minimum absolute atomic E-state index is 0.0518. The van der Waals surface area contributed by atoms with Gasteiger partial charge in [0.2, 0.25) is 5.89 Å². The Hall–Kier alpha value is -2.02. The fourth-order valence-electron chi connectivity index (χ4n) is 2.90. The third-order valence-electron chi connectivity index (χ3n) is 4.12. The normalized spacial score (nSPS) is 19.0. The van der Waals surface area contributed by atoms with Crippen molar-refractivity contribution in [1.82, 2.24) is 15.0 Å². The van der Waals surface area contributed by atoms with Crippen LogP contribution in [0.2, 0.25) is 0 Å². The molecule has 1 aromatic carbocycles. The molecule has 1 aliphatic rings. The summed E-state index contributed by atoms with van der Waals surface area (Å²) < 4.78 is 17.2. The Balaban J connectivity index is 1.79. The lowest BCUT2D eigenvalue weighted by molar-refractivity contribution is 0.0728. The zero-order chi connectivity index (χ0) is 17.3. The number of hydrogen-bond acceptors (Lipinski definition) is 5. The average Bonchev–Trinajstić information content (AvgIpc) is 3.22. The van der Waals surface area contributed by atoms with E-state index >= 15 is 0 Å². The molecule has 6 nitrogen and oxygen atoms in total. The second kappa shape index (κ2) is 6.84. The molecule has 0 unspecified atom stereocenters. The van der Waals surface area contributed by atoms with E-state index in [1.165, 1.54) is 0 Å². The first kappa shape index (κ1) is 16.8. The van der Waals surface area contributed by atoms with Crippen LogP contribution in [0, 0.1) is 6.92 Å². The number of carbonyl (C=O) groups excluding carboxylic acids is 1. The maximum absolute atomic E-state index is 12.8. The third kappa shape index (κ3) is 3.26. The smallest absolute Gasteiger partial charge is 0.254 e. The second-order valence-electron chi connectivity index (χ2n) is 6.20. The van der Waals surface area contributed by atoms with Gasteiger partial charge in [-0.15, -0.1) is 0 Å². The first-order valence-corrected chi connectivity index (χ1v) is 9.30. The van der Waals surface area contributed by atoms with Crippen LogP contribution in [0.3, 0.4) is 0 Å². The van der Waals surface area contributed by atoms with Crippen molar-refractivity contribution in [3.63, 3.8) is 0 Å². The first-order chi connectivity index (χ1) is 11.5. The number of nitrogens with zero attached hydrogens (tertiary/aromatic N) is 3. The molecule has 24 heavy (non-hydrogen) atoms. The number of aromatic nitrogens is 2. The highest BCUT2D eigenvalue weighted by atomic mass is 32.2. The fourth-order valence-corrected chi connectivity index (χ4v) is 3.85. The number of likely N-dealkylation sites (tertiary alicyclic amines) is 1. The molecule has 1 aliphatic heterocycles. The van der Waals surface area contributed by atoms with E-state index in [0.717, 1.165) is 17.7 Å². The molecular formula is C17H21N3O3S. The van der Waals surface area contributed by atoms with Crippen molar-refractivity contribution in [2.75, 3.05) is 6.54 Å². The quantitative estimate of drug-likeness (QED) is 0.850. The Bertz CT molecular complexity index is 755. The Labute approximate surface area is 143 Å². The van der Waals surface area contributed by atoms with Crippen molar-refractivity contribution < 1.29 is 13.5 Å². The van der Waals surface area contributed by atoms with Crippen LogP contribution in [-0.4, -0.2) is 37.0 Å². The number of aryl methyl sites for hydroxylation is 1. The summed E-state index contributed by atoms with van der Waals surface area (Å²) in [7, 11) is -1.05. The minimum Gasteiger partial charge on any atom is -0.340 e. The van der Waals surface area contributed by atoms with Crippen LogP contribution in [0.25, 0.3) is 0 Å². The van der Waals surface area contributed by atoms with E-state index < -0.39 is 10.8 Å². The van der Waals surface area contributed by atoms with Gasteiger partial charge in [0, 0.05) is 29.2 Å². The van der Waals surface area contributed by atoms with Gasteiger partial charge in [0.1, 0.15) is 0 Å². The summed E-state index contributed by atoms with van der Waals surface area (Å²) >= 11 is 0. The topological polar surface area (TPSA) is 76.3 Å². The van der Waals surface area contributed by atoms with Gasteiger partial charge in [-0.1, -0.05) is 19.0 Å². The van der Waals surface area contributed by atoms with E-state index in [1.807, 2.05) is 13.8 Å². The zero-order valence-corrected chi connectivity index (χ0v) is 14.9. The van der Waals surface area contributed by atoms with Gasteiger partial charge in [0.05, 0.1) is 16.8 Å². The van der Waals surface area contributed by atoms with Crippen LogP contribution in [0.15, 0.2) is 33.7 Å². The van der Waals surface area contributed by atoms with Crippen molar-refractivity contribution in [1.29, 1.82) is 0 Å². The Morgan fingerprint density at radius 1 is 1.33 bits per heavy atom. The van der Waals surface area contributed by atoms with Crippen LogP contribution in [0.4, 0.5) is 0 Å². The highest BCUT2D eigenvalue weighted by molar-refractivity contribution is 7.85. The summed E-state index contributed by atoms with van der Waals surface area (Å²) in [5.74, 6) is 1.02. The highest BCUT2D eigenvalue weighted by Gasteiger charge is 2.33. The number of hydrogen-bond donors (Lipinski definition) is 0.